The first-order valence-electron chi connectivity index (χ1n) is 8.08. The molecule has 0 spiro atoms. The fraction of sp³-hybridized carbons (Fsp3) is 0.438. The van der Waals surface area contributed by atoms with Gasteiger partial charge in [0, 0.05) is 19.5 Å². The van der Waals surface area contributed by atoms with Gasteiger partial charge in [-0.2, -0.15) is 0 Å². The van der Waals surface area contributed by atoms with E-state index in [1.54, 1.807) is 23.1 Å². The molecule has 9 heteroatoms. The number of rotatable bonds is 5. The van der Waals surface area contributed by atoms with Crippen molar-refractivity contribution >= 4 is 23.5 Å². The summed E-state index contributed by atoms with van der Waals surface area (Å²) in [6, 6.07) is 5.06. The molecule has 1 aliphatic heterocycles. The van der Waals surface area contributed by atoms with E-state index in [0.29, 0.717) is 35.8 Å². The summed E-state index contributed by atoms with van der Waals surface area (Å²) in [6.07, 6.45) is 3.99. The molecule has 3 rings (SSSR count). The molecule has 0 radical (unpaired) electrons. The lowest BCUT2D eigenvalue weighted by Crippen LogP contribution is -2.40. The monoisotopic (exact) mass is 363 g/mol. The van der Waals surface area contributed by atoms with Gasteiger partial charge in [-0.1, -0.05) is 11.6 Å². The average Bonchev–Trinajstić information content (AvgIpc) is 3.14. The Bertz CT molecular complexity index is 765. The maximum Gasteiger partial charge on any atom is 0.303 e. The van der Waals surface area contributed by atoms with E-state index in [0.717, 1.165) is 12.8 Å². The minimum atomic E-state index is -0.801. The van der Waals surface area contributed by atoms with Gasteiger partial charge < -0.3 is 10.0 Å². The van der Waals surface area contributed by atoms with Gasteiger partial charge in [0.05, 0.1) is 16.3 Å². The number of carboxylic acids is 1. The van der Waals surface area contributed by atoms with Gasteiger partial charge in [-0.3, -0.25) is 9.59 Å². The number of piperidine rings is 1. The van der Waals surface area contributed by atoms with Crippen molar-refractivity contribution in [2.75, 3.05) is 13.1 Å². The van der Waals surface area contributed by atoms with Crippen molar-refractivity contribution in [2.45, 2.75) is 25.7 Å². The van der Waals surface area contributed by atoms with Crippen LogP contribution in [0.2, 0.25) is 5.02 Å². The van der Waals surface area contributed by atoms with Crippen molar-refractivity contribution in [2.24, 2.45) is 5.92 Å². The molecule has 8 nitrogen and oxygen atoms in total. The van der Waals surface area contributed by atoms with E-state index in [1.807, 2.05) is 0 Å². The molecular weight excluding hydrogens is 346 g/mol. The number of hydrogen-bond donors (Lipinski definition) is 1. The Labute approximate surface area is 149 Å². The first kappa shape index (κ1) is 17.3. The van der Waals surface area contributed by atoms with Crippen molar-refractivity contribution in [1.82, 2.24) is 25.1 Å². The molecule has 0 aliphatic carbocycles. The summed E-state index contributed by atoms with van der Waals surface area (Å²) in [5.74, 6) is -0.717. The van der Waals surface area contributed by atoms with Crippen molar-refractivity contribution in [1.29, 1.82) is 0 Å². The molecular formula is C16H18ClN5O3. The van der Waals surface area contributed by atoms with Crippen molar-refractivity contribution in [3.8, 4) is 5.69 Å². The first-order valence-corrected chi connectivity index (χ1v) is 8.46. The van der Waals surface area contributed by atoms with Gasteiger partial charge >= 0.3 is 5.97 Å². The highest BCUT2D eigenvalue weighted by atomic mass is 35.5. The smallest absolute Gasteiger partial charge is 0.303 e. The van der Waals surface area contributed by atoms with E-state index in [2.05, 4.69) is 15.5 Å². The molecule has 0 saturated carbocycles. The summed E-state index contributed by atoms with van der Waals surface area (Å²) in [4.78, 5) is 25.3. The Hall–Kier alpha value is -2.48. The number of likely N-dealkylation sites (tertiary alicyclic amines) is 1. The van der Waals surface area contributed by atoms with Crippen LogP contribution in [-0.4, -0.2) is 55.2 Å². The third-order valence-corrected chi connectivity index (χ3v) is 4.68. The molecule has 1 atom stereocenters. The van der Waals surface area contributed by atoms with E-state index in [-0.39, 0.29) is 18.2 Å². The Morgan fingerprint density at radius 2 is 2.20 bits per heavy atom. The third-order valence-electron chi connectivity index (χ3n) is 4.37. The van der Waals surface area contributed by atoms with E-state index in [1.165, 1.54) is 11.0 Å². The van der Waals surface area contributed by atoms with Gasteiger partial charge in [0.2, 0.25) is 0 Å². The van der Waals surface area contributed by atoms with Crippen LogP contribution in [0, 0.1) is 5.92 Å². The number of aliphatic carboxylic acids is 1. The summed E-state index contributed by atoms with van der Waals surface area (Å²) >= 11 is 6.29. The highest BCUT2D eigenvalue weighted by Crippen LogP contribution is 2.26. The fourth-order valence-corrected chi connectivity index (χ4v) is 3.34. The number of amides is 1. The number of aromatic nitrogens is 4. The second-order valence-electron chi connectivity index (χ2n) is 6.11. The average molecular weight is 364 g/mol. The molecule has 1 aliphatic rings. The predicted octanol–water partition coefficient (Wildman–Crippen LogP) is 2.03. The minimum Gasteiger partial charge on any atom is -0.481 e. The topological polar surface area (TPSA) is 101 Å². The largest absolute Gasteiger partial charge is 0.481 e. The van der Waals surface area contributed by atoms with Gasteiger partial charge in [0.15, 0.2) is 0 Å². The van der Waals surface area contributed by atoms with Crippen LogP contribution in [0.25, 0.3) is 5.69 Å². The Morgan fingerprint density at radius 3 is 2.88 bits per heavy atom. The Morgan fingerprint density at radius 1 is 1.36 bits per heavy atom. The molecule has 2 heterocycles. The number of carbonyl (C=O) groups is 2. The summed E-state index contributed by atoms with van der Waals surface area (Å²) in [6.45, 7) is 1.23. The van der Waals surface area contributed by atoms with Crippen LogP contribution in [0.1, 0.15) is 36.0 Å². The SMILES string of the molecule is O=C(O)CC[C@H]1CCCN(C(=O)c2ccc(-n3cnnn3)cc2Cl)C1. The zero-order valence-corrected chi connectivity index (χ0v) is 14.3. The lowest BCUT2D eigenvalue weighted by molar-refractivity contribution is -0.137. The second-order valence-corrected chi connectivity index (χ2v) is 6.52. The number of tetrazole rings is 1. The molecule has 1 saturated heterocycles. The van der Waals surface area contributed by atoms with Gasteiger partial charge in [-0.05, 0) is 53.8 Å². The normalized spacial score (nSPS) is 17.5. The van der Waals surface area contributed by atoms with Gasteiger partial charge in [-0.15, -0.1) is 5.10 Å². The minimum absolute atomic E-state index is 0.131. The van der Waals surface area contributed by atoms with Crippen molar-refractivity contribution in [3.63, 3.8) is 0 Å². The molecule has 1 amide bonds. The molecule has 2 aromatic rings. The lowest BCUT2D eigenvalue weighted by Gasteiger charge is -2.33. The Balaban J connectivity index is 1.71. The van der Waals surface area contributed by atoms with Crippen LogP contribution < -0.4 is 0 Å². The lowest BCUT2D eigenvalue weighted by atomic mass is 9.93. The number of nitrogens with zero attached hydrogens (tertiary/aromatic N) is 5. The number of halogens is 1. The van der Waals surface area contributed by atoms with E-state index in [4.69, 9.17) is 16.7 Å². The van der Waals surface area contributed by atoms with Crippen LogP contribution >= 0.6 is 11.6 Å². The van der Waals surface area contributed by atoms with Gasteiger partial charge in [-0.25, -0.2) is 4.68 Å². The summed E-state index contributed by atoms with van der Waals surface area (Å²) in [5, 5.41) is 20.1. The van der Waals surface area contributed by atoms with Crippen LogP contribution in [0.5, 0.6) is 0 Å². The second kappa shape index (κ2) is 7.60. The van der Waals surface area contributed by atoms with Crippen molar-refractivity contribution < 1.29 is 14.7 Å². The zero-order chi connectivity index (χ0) is 17.8. The molecule has 0 unspecified atom stereocenters. The first-order chi connectivity index (χ1) is 12.0. The predicted molar refractivity (Wildman–Crippen MR) is 89.7 cm³/mol. The van der Waals surface area contributed by atoms with E-state index >= 15 is 0 Å². The number of carbonyl (C=O) groups excluding carboxylic acids is 1. The molecule has 25 heavy (non-hydrogen) atoms. The number of carboxylic acid groups (broad SMARTS) is 1. The zero-order valence-electron chi connectivity index (χ0n) is 13.5. The quantitative estimate of drug-likeness (QED) is 0.872. The van der Waals surface area contributed by atoms with Crippen molar-refractivity contribution in [3.05, 3.63) is 35.1 Å². The van der Waals surface area contributed by atoms with Crippen LogP contribution in [0.3, 0.4) is 0 Å². The fourth-order valence-electron chi connectivity index (χ4n) is 3.08. The van der Waals surface area contributed by atoms with Crippen LogP contribution in [0.4, 0.5) is 0 Å². The number of benzene rings is 1. The summed E-state index contributed by atoms with van der Waals surface area (Å²) in [5.41, 5.74) is 1.10. The molecule has 1 aromatic heterocycles. The van der Waals surface area contributed by atoms with E-state index < -0.39 is 5.97 Å². The molecule has 132 valence electrons. The molecule has 1 aromatic carbocycles. The molecule has 1 fully saturated rings. The highest BCUT2D eigenvalue weighted by Gasteiger charge is 2.26. The van der Waals surface area contributed by atoms with Gasteiger partial charge in [0.25, 0.3) is 5.91 Å². The van der Waals surface area contributed by atoms with Gasteiger partial charge in [0.1, 0.15) is 6.33 Å². The maximum atomic E-state index is 12.8. The van der Waals surface area contributed by atoms with E-state index in [9.17, 15) is 9.59 Å². The third kappa shape index (κ3) is 4.14. The molecule has 0 bridgehead atoms. The van der Waals surface area contributed by atoms with Crippen LogP contribution in [0.15, 0.2) is 24.5 Å². The standard InChI is InChI=1S/C16H18ClN5O3/c17-14-8-12(22-10-18-19-20-22)4-5-13(14)16(25)21-7-1-2-11(9-21)3-6-15(23)24/h4-5,8,10-11H,1-3,6-7,9H2,(H,23,24)/t11-/m1/s1. The summed E-state index contributed by atoms with van der Waals surface area (Å²) < 4.78 is 1.46. The maximum absolute atomic E-state index is 12.8. The highest BCUT2D eigenvalue weighted by molar-refractivity contribution is 6.34. The number of hydrogen-bond acceptors (Lipinski definition) is 5. The van der Waals surface area contributed by atoms with Crippen LogP contribution in [-0.2, 0) is 4.79 Å². The Kier molecular flexibility index (Phi) is 5.28. The molecule has 1 N–H and O–H groups in total. The summed E-state index contributed by atoms with van der Waals surface area (Å²) in [7, 11) is 0.